The van der Waals surface area contributed by atoms with Crippen LogP contribution in [0.4, 0.5) is 0 Å². The predicted octanol–water partition coefficient (Wildman–Crippen LogP) is 1.33. The Hall–Kier alpha value is -1.39. The van der Waals surface area contributed by atoms with E-state index in [2.05, 4.69) is 16.7 Å². The van der Waals surface area contributed by atoms with Gasteiger partial charge in [-0.05, 0) is 61.9 Å². The van der Waals surface area contributed by atoms with Gasteiger partial charge in [0.15, 0.2) is 0 Å². The molecule has 20 heavy (non-hydrogen) atoms. The maximum absolute atomic E-state index is 12.3. The van der Waals surface area contributed by atoms with Crippen LogP contribution in [0.5, 0.6) is 0 Å². The summed E-state index contributed by atoms with van der Waals surface area (Å²) in [6.07, 6.45) is 5.08. The summed E-state index contributed by atoms with van der Waals surface area (Å²) in [5.41, 5.74) is 9.30. The van der Waals surface area contributed by atoms with Gasteiger partial charge in [-0.25, -0.2) is 0 Å². The van der Waals surface area contributed by atoms with E-state index in [1.165, 1.54) is 11.1 Å². The van der Waals surface area contributed by atoms with Gasteiger partial charge in [-0.1, -0.05) is 6.07 Å². The smallest absolute Gasteiger partial charge is 0.251 e. The number of nitrogens with two attached hydrogens (primary N) is 1. The number of amides is 1. The lowest BCUT2D eigenvalue weighted by molar-refractivity contribution is 0.0925. The second-order valence-corrected chi connectivity index (χ2v) is 6.00. The molecule has 0 saturated heterocycles. The lowest BCUT2D eigenvalue weighted by Gasteiger charge is -2.27. The second kappa shape index (κ2) is 5.94. The van der Waals surface area contributed by atoms with E-state index in [0.29, 0.717) is 6.04 Å². The van der Waals surface area contributed by atoms with Crippen LogP contribution >= 0.6 is 0 Å². The molecular weight excluding hydrogens is 250 g/mol. The number of hydrogen-bond acceptors (Lipinski definition) is 3. The van der Waals surface area contributed by atoms with Crippen molar-refractivity contribution in [3.63, 3.8) is 0 Å². The minimum Gasteiger partial charge on any atom is -0.349 e. The van der Waals surface area contributed by atoms with Gasteiger partial charge in [0.25, 0.3) is 5.91 Å². The van der Waals surface area contributed by atoms with Crippen molar-refractivity contribution in [3.05, 3.63) is 34.9 Å². The third kappa shape index (κ3) is 3.02. The van der Waals surface area contributed by atoms with Crippen LogP contribution < -0.4 is 16.4 Å². The molecule has 1 heterocycles. The summed E-state index contributed by atoms with van der Waals surface area (Å²) in [5, 5.41) is 6.50. The van der Waals surface area contributed by atoms with Crippen LogP contribution in [0.2, 0.25) is 0 Å². The molecule has 4 nitrogen and oxygen atoms in total. The van der Waals surface area contributed by atoms with Crippen LogP contribution in [0.25, 0.3) is 0 Å². The molecule has 4 N–H and O–H groups in total. The maximum Gasteiger partial charge on any atom is 0.251 e. The summed E-state index contributed by atoms with van der Waals surface area (Å²) < 4.78 is 0. The number of benzene rings is 1. The van der Waals surface area contributed by atoms with Crippen LogP contribution in [0.3, 0.4) is 0 Å². The van der Waals surface area contributed by atoms with Gasteiger partial charge in [-0.15, -0.1) is 0 Å². The van der Waals surface area contributed by atoms with E-state index in [9.17, 15) is 4.79 Å². The van der Waals surface area contributed by atoms with Gasteiger partial charge in [0, 0.05) is 24.2 Å². The van der Waals surface area contributed by atoms with Crippen molar-refractivity contribution >= 4 is 5.91 Å². The van der Waals surface area contributed by atoms with Crippen molar-refractivity contribution in [3.8, 4) is 0 Å². The lowest BCUT2D eigenvalue weighted by Crippen LogP contribution is -2.40. The van der Waals surface area contributed by atoms with Crippen LogP contribution in [-0.4, -0.2) is 24.5 Å². The first kappa shape index (κ1) is 13.6. The Morgan fingerprint density at radius 3 is 2.80 bits per heavy atom. The van der Waals surface area contributed by atoms with Gasteiger partial charge in [-0.3, -0.25) is 4.79 Å². The Kier molecular flexibility index (Phi) is 4.03. The Morgan fingerprint density at radius 2 is 2.00 bits per heavy atom. The normalized spacial score (nSPS) is 25.9. The molecule has 2 aliphatic rings. The number of fused-ring (bicyclic) bond motifs is 1. The molecule has 4 heteroatoms. The van der Waals surface area contributed by atoms with Crippen molar-refractivity contribution in [1.29, 1.82) is 0 Å². The molecule has 0 aromatic heterocycles. The minimum absolute atomic E-state index is 0.0545. The molecule has 1 fully saturated rings. The molecule has 1 aromatic carbocycles. The van der Waals surface area contributed by atoms with Crippen LogP contribution in [-0.2, 0) is 13.0 Å². The molecule has 0 bridgehead atoms. The van der Waals surface area contributed by atoms with Gasteiger partial charge >= 0.3 is 0 Å². The van der Waals surface area contributed by atoms with E-state index in [1.54, 1.807) is 0 Å². The van der Waals surface area contributed by atoms with Crippen molar-refractivity contribution in [2.24, 2.45) is 5.73 Å². The largest absolute Gasteiger partial charge is 0.349 e. The monoisotopic (exact) mass is 273 g/mol. The van der Waals surface area contributed by atoms with Gasteiger partial charge in [0.05, 0.1) is 0 Å². The molecule has 1 aliphatic carbocycles. The first-order chi connectivity index (χ1) is 9.72. The summed E-state index contributed by atoms with van der Waals surface area (Å²) in [6.45, 7) is 1.90. The van der Waals surface area contributed by atoms with Gasteiger partial charge in [-0.2, -0.15) is 0 Å². The van der Waals surface area contributed by atoms with Crippen LogP contribution in [0.15, 0.2) is 18.2 Å². The minimum atomic E-state index is 0.0545. The van der Waals surface area contributed by atoms with Crippen LogP contribution in [0, 0.1) is 0 Å². The van der Waals surface area contributed by atoms with Gasteiger partial charge in [0.2, 0.25) is 0 Å². The molecule has 1 aliphatic heterocycles. The molecule has 0 radical (unpaired) electrons. The first-order valence-corrected chi connectivity index (χ1v) is 7.61. The van der Waals surface area contributed by atoms with Crippen molar-refractivity contribution in [1.82, 2.24) is 10.6 Å². The van der Waals surface area contributed by atoms with Gasteiger partial charge in [0.1, 0.15) is 0 Å². The van der Waals surface area contributed by atoms with Crippen molar-refractivity contribution in [2.75, 3.05) is 6.54 Å². The fraction of sp³-hybridized carbons (Fsp3) is 0.562. The van der Waals surface area contributed by atoms with Crippen LogP contribution in [0.1, 0.15) is 47.2 Å². The van der Waals surface area contributed by atoms with Crippen molar-refractivity contribution in [2.45, 2.75) is 50.7 Å². The first-order valence-electron chi connectivity index (χ1n) is 7.61. The summed E-state index contributed by atoms with van der Waals surface area (Å²) in [7, 11) is 0. The highest BCUT2D eigenvalue weighted by Crippen LogP contribution is 2.19. The standard InChI is InChI=1S/C16H23N3O/c17-14-3-5-15(6-4-14)19-16(20)12-2-1-11-7-8-18-10-13(11)9-12/h1-2,9,14-15,18H,3-8,10,17H2,(H,19,20). The van der Waals surface area contributed by atoms with E-state index >= 15 is 0 Å². The Morgan fingerprint density at radius 1 is 1.20 bits per heavy atom. The number of rotatable bonds is 2. The Bertz CT molecular complexity index is 492. The summed E-state index contributed by atoms with van der Waals surface area (Å²) in [5.74, 6) is 0.0545. The number of carbonyl (C=O) groups excluding carboxylic acids is 1. The highest BCUT2D eigenvalue weighted by Gasteiger charge is 2.21. The second-order valence-electron chi connectivity index (χ2n) is 6.00. The Balaban J connectivity index is 1.65. The fourth-order valence-electron chi connectivity index (χ4n) is 3.15. The number of carbonyl (C=O) groups is 1. The molecule has 0 spiro atoms. The molecule has 108 valence electrons. The average molecular weight is 273 g/mol. The zero-order chi connectivity index (χ0) is 13.9. The average Bonchev–Trinajstić information content (AvgIpc) is 2.49. The quantitative estimate of drug-likeness (QED) is 0.761. The summed E-state index contributed by atoms with van der Waals surface area (Å²) in [6, 6.07) is 6.69. The molecule has 1 saturated carbocycles. The highest BCUT2D eigenvalue weighted by molar-refractivity contribution is 5.94. The molecule has 0 atom stereocenters. The SMILES string of the molecule is NC1CCC(NC(=O)c2ccc3c(c2)CNCC3)CC1. The molecule has 1 aromatic rings. The highest BCUT2D eigenvalue weighted by atomic mass is 16.1. The number of nitrogens with one attached hydrogen (secondary N) is 2. The lowest BCUT2D eigenvalue weighted by atomic mass is 9.91. The molecule has 0 unspecified atom stereocenters. The summed E-state index contributed by atoms with van der Waals surface area (Å²) in [4.78, 5) is 12.3. The third-order valence-corrected chi connectivity index (χ3v) is 4.46. The van der Waals surface area contributed by atoms with Crippen molar-refractivity contribution < 1.29 is 4.79 Å². The number of hydrogen-bond donors (Lipinski definition) is 3. The predicted molar refractivity (Wildman–Crippen MR) is 79.6 cm³/mol. The van der Waals surface area contributed by atoms with Gasteiger partial charge < -0.3 is 16.4 Å². The molecular formula is C16H23N3O. The topological polar surface area (TPSA) is 67.1 Å². The fourth-order valence-corrected chi connectivity index (χ4v) is 3.15. The van der Waals surface area contributed by atoms with E-state index < -0.39 is 0 Å². The summed E-state index contributed by atoms with van der Waals surface area (Å²) >= 11 is 0. The van der Waals surface area contributed by atoms with E-state index in [0.717, 1.165) is 50.8 Å². The maximum atomic E-state index is 12.3. The molecule has 1 amide bonds. The van der Waals surface area contributed by atoms with E-state index in [1.807, 2.05) is 12.1 Å². The van der Waals surface area contributed by atoms with E-state index in [-0.39, 0.29) is 11.9 Å². The van der Waals surface area contributed by atoms with E-state index in [4.69, 9.17) is 5.73 Å². The molecule has 3 rings (SSSR count). The third-order valence-electron chi connectivity index (χ3n) is 4.46. The Labute approximate surface area is 120 Å². The zero-order valence-electron chi connectivity index (χ0n) is 11.8. The zero-order valence-corrected chi connectivity index (χ0v) is 11.8.